The number of rotatable bonds is 5. The summed E-state index contributed by atoms with van der Waals surface area (Å²) in [6, 6.07) is 5.73. The lowest BCUT2D eigenvalue weighted by molar-refractivity contribution is 0.0943. The molecule has 18 heavy (non-hydrogen) atoms. The van der Waals surface area contributed by atoms with Crippen molar-refractivity contribution in [3.8, 4) is 0 Å². The van der Waals surface area contributed by atoms with Gasteiger partial charge < -0.3 is 5.32 Å². The van der Waals surface area contributed by atoms with Crippen LogP contribution in [0.2, 0.25) is 0 Å². The number of halogens is 1. The van der Waals surface area contributed by atoms with Gasteiger partial charge in [0.15, 0.2) is 0 Å². The third kappa shape index (κ3) is 3.14. The van der Waals surface area contributed by atoms with Crippen molar-refractivity contribution in [3.05, 3.63) is 33.8 Å². The maximum atomic E-state index is 12.1. The molecule has 0 spiro atoms. The molecule has 1 aliphatic carbocycles. The highest BCUT2D eigenvalue weighted by atomic mass is 79.9. The van der Waals surface area contributed by atoms with Gasteiger partial charge in [0.1, 0.15) is 0 Å². The number of carbonyl (C=O) groups excluding carboxylic acids is 1. The summed E-state index contributed by atoms with van der Waals surface area (Å²) < 4.78 is 1.05. The largest absolute Gasteiger partial charge is 0.351 e. The van der Waals surface area contributed by atoms with Gasteiger partial charge in [-0.05, 0) is 55.4 Å². The monoisotopic (exact) mass is 309 g/mol. The normalized spacial score (nSPS) is 16.4. The van der Waals surface area contributed by atoms with Crippen molar-refractivity contribution in [2.45, 2.75) is 39.5 Å². The first-order valence-corrected chi connectivity index (χ1v) is 7.40. The Kier molecular flexibility index (Phi) is 4.10. The summed E-state index contributed by atoms with van der Waals surface area (Å²) in [7, 11) is 0. The predicted octanol–water partition coefficient (Wildman–Crippen LogP) is 4.07. The molecule has 1 aliphatic rings. The molecule has 0 aliphatic heterocycles. The molecule has 1 aromatic carbocycles. The Labute approximate surface area is 117 Å². The summed E-state index contributed by atoms with van der Waals surface area (Å²) in [5.74, 6) is 0.0491. The first-order chi connectivity index (χ1) is 8.56. The average Bonchev–Trinajstić information content (AvgIpc) is 3.11. The zero-order valence-electron chi connectivity index (χ0n) is 11.1. The van der Waals surface area contributed by atoms with Crippen LogP contribution in [-0.2, 0) is 0 Å². The van der Waals surface area contributed by atoms with Crippen molar-refractivity contribution in [2.75, 3.05) is 6.54 Å². The second-order valence-electron chi connectivity index (χ2n) is 5.40. The third-order valence-corrected chi connectivity index (χ3v) is 4.67. The Bertz CT molecular complexity index is 452. The molecule has 0 unspecified atom stereocenters. The third-order valence-electron chi connectivity index (χ3n) is 3.78. The Morgan fingerprint density at radius 1 is 1.44 bits per heavy atom. The predicted molar refractivity (Wildman–Crippen MR) is 77.8 cm³/mol. The quantitative estimate of drug-likeness (QED) is 0.873. The van der Waals surface area contributed by atoms with E-state index in [4.69, 9.17) is 0 Å². The molecule has 0 aromatic heterocycles. The molecule has 1 aromatic rings. The minimum absolute atomic E-state index is 0.0491. The molecular formula is C15H20BrNO. The SMILES string of the molecule is CCCC1(CNC(=O)c2ccc(Br)c(C)c2)CC1. The van der Waals surface area contributed by atoms with Gasteiger partial charge in [0.05, 0.1) is 0 Å². The van der Waals surface area contributed by atoms with Gasteiger partial charge in [0.25, 0.3) is 5.91 Å². The van der Waals surface area contributed by atoms with Crippen molar-refractivity contribution >= 4 is 21.8 Å². The number of carbonyl (C=O) groups is 1. The molecule has 3 heteroatoms. The fourth-order valence-electron chi connectivity index (χ4n) is 2.38. The number of aryl methyl sites for hydroxylation is 1. The van der Waals surface area contributed by atoms with Crippen LogP contribution in [0, 0.1) is 12.3 Å². The standard InChI is InChI=1S/C15H20BrNO/c1-3-6-15(7-8-15)10-17-14(18)12-4-5-13(16)11(2)9-12/h4-5,9H,3,6-8,10H2,1-2H3,(H,17,18). The van der Waals surface area contributed by atoms with Gasteiger partial charge >= 0.3 is 0 Å². The zero-order valence-corrected chi connectivity index (χ0v) is 12.6. The molecule has 98 valence electrons. The van der Waals surface area contributed by atoms with Crippen LogP contribution in [0.25, 0.3) is 0 Å². The molecule has 2 nitrogen and oxygen atoms in total. The van der Waals surface area contributed by atoms with Gasteiger partial charge in [-0.3, -0.25) is 4.79 Å². The molecule has 1 saturated carbocycles. The Hall–Kier alpha value is -0.830. The van der Waals surface area contributed by atoms with Crippen LogP contribution in [0.4, 0.5) is 0 Å². The molecule has 1 fully saturated rings. The molecular weight excluding hydrogens is 290 g/mol. The van der Waals surface area contributed by atoms with E-state index in [2.05, 4.69) is 28.2 Å². The Balaban J connectivity index is 1.93. The van der Waals surface area contributed by atoms with E-state index in [1.807, 2.05) is 25.1 Å². The van der Waals surface area contributed by atoms with Gasteiger partial charge in [-0.2, -0.15) is 0 Å². The van der Waals surface area contributed by atoms with E-state index in [1.165, 1.54) is 25.7 Å². The van der Waals surface area contributed by atoms with Crippen LogP contribution >= 0.6 is 15.9 Å². The summed E-state index contributed by atoms with van der Waals surface area (Å²) in [6.07, 6.45) is 4.96. The Morgan fingerprint density at radius 2 is 2.17 bits per heavy atom. The maximum Gasteiger partial charge on any atom is 0.251 e. The fraction of sp³-hybridized carbons (Fsp3) is 0.533. The highest BCUT2D eigenvalue weighted by Crippen LogP contribution is 2.48. The van der Waals surface area contributed by atoms with E-state index in [0.717, 1.165) is 22.1 Å². The summed E-state index contributed by atoms with van der Waals surface area (Å²) in [4.78, 5) is 12.1. The van der Waals surface area contributed by atoms with Crippen molar-refractivity contribution in [3.63, 3.8) is 0 Å². The molecule has 2 rings (SSSR count). The van der Waals surface area contributed by atoms with Crippen LogP contribution in [-0.4, -0.2) is 12.5 Å². The molecule has 0 heterocycles. The van der Waals surface area contributed by atoms with Crippen molar-refractivity contribution < 1.29 is 4.79 Å². The molecule has 1 N–H and O–H groups in total. The van der Waals surface area contributed by atoms with Crippen LogP contribution in [0.5, 0.6) is 0 Å². The van der Waals surface area contributed by atoms with Crippen molar-refractivity contribution in [1.82, 2.24) is 5.32 Å². The number of hydrogen-bond donors (Lipinski definition) is 1. The Morgan fingerprint density at radius 3 is 2.72 bits per heavy atom. The van der Waals surface area contributed by atoms with Crippen molar-refractivity contribution in [1.29, 1.82) is 0 Å². The fourth-order valence-corrected chi connectivity index (χ4v) is 2.62. The van der Waals surface area contributed by atoms with E-state index < -0.39 is 0 Å². The molecule has 1 amide bonds. The number of hydrogen-bond acceptors (Lipinski definition) is 1. The highest BCUT2D eigenvalue weighted by Gasteiger charge is 2.41. The number of nitrogens with one attached hydrogen (secondary N) is 1. The number of benzene rings is 1. The zero-order chi connectivity index (χ0) is 13.2. The van der Waals surface area contributed by atoms with Crippen LogP contribution < -0.4 is 5.32 Å². The van der Waals surface area contributed by atoms with Crippen LogP contribution in [0.1, 0.15) is 48.5 Å². The average molecular weight is 310 g/mol. The first kappa shape index (κ1) is 13.6. The van der Waals surface area contributed by atoms with E-state index in [0.29, 0.717) is 5.41 Å². The van der Waals surface area contributed by atoms with Gasteiger partial charge in [-0.25, -0.2) is 0 Å². The lowest BCUT2D eigenvalue weighted by Crippen LogP contribution is -2.30. The number of amides is 1. The van der Waals surface area contributed by atoms with Gasteiger partial charge in [0, 0.05) is 16.6 Å². The van der Waals surface area contributed by atoms with Crippen LogP contribution in [0.3, 0.4) is 0 Å². The van der Waals surface area contributed by atoms with Crippen molar-refractivity contribution in [2.24, 2.45) is 5.41 Å². The van der Waals surface area contributed by atoms with Gasteiger partial charge in [0.2, 0.25) is 0 Å². The smallest absolute Gasteiger partial charge is 0.251 e. The van der Waals surface area contributed by atoms with Gasteiger partial charge in [-0.15, -0.1) is 0 Å². The molecule has 0 atom stereocenters. The molecule has 0 bridgehead atoms. The highest BCUT2D eigenvalue weighted by molar-refractivity contribution is 9.10. The van der Waals surface area contributed by atoms with E-state index >= 15 is 0 Å². The molecule has 0 saturated heterocycles. The van der Waals surface area contributed by atoms with E-state index in [-0.39, 0.29) is 5.91 Å². The second kappa shape index (κ2) is 5.43. The lowest BCUT2D eigenvalue weighted by atomic mass is 10.0. The minimum Gasteiger partial charge on any atom is -0.351 e. The minimum atomic E-state index is 0.0491. The van der Waals surface area contributed by atoms with E-state index in [1.54, 1.807) is 0 Å². The molecule has 0 radical (unpaired) electrons. The second-order valence-corrected chi connectivity index (χ2v) is 6.25. The van der Waals surface area contributed by atoms with Crippen LogP contribution in [0.15, 0.2) is 22.7 Å². The lowest BCUT2D eigenvalue weighted by Gasteiger charge is -2.15. The summed E-state index contributed by atoms with van der Waals surface area (Å²) in [5.41, 5.74) is 2.26. The van der Waals surface area contributed by atoms with Gasteiger partial charge in [-0.1, -0.05) is 29.3 Å². The first-order valence-electron chi connectivity index (χ1n) is 6.61. The van der Waals surface area contributed by atoms with E-state index in [9.17, 15) is 4.79 Å². The summed E-state index contributed by atoms with van der Waals surface area (Å²) in [6.45, 7) is 5.04. The summed E-state index contributed by atoms with van der Waals surface area (Å²) >= 11 is 3.45. The maximum absolute atomic E-state index is 12.1. The topological polar surface area (TPSA) is 29.1 Å². The summed E-state index contributed by atoms with van der Waals surface area (Å²) in [5, 5.41) is 3.08.